The second kappa shape index (κ2) is 9.10. The van der Waals surface area contributed by atoms with Crippen molar-refractivity contribution in [3.63, 3.8) is 0 Å². The number of aromatic hydroxyl groups is 1. The van der Waals surface area contributed by atoms with Crippen molar-refractivity contribution in [2.45, 2.75) is 45.4 Å². The topological polar surface area (TPSA) is 66.4 Å². The van der Waals surface area contributed by atoms with Crippen LogP contribution in [0.25, 0.3) is 0 Å². The largest absolute Gasteiger partial charge is 0.507 e. The van der Waals surface area contributed by atoms with Crippen LogP contribution in [0.15, 0.2) is 18.2 Å². The third kappa shape index (κ3) is 6.88. The molecular weight excluding hydrogens is 273 g/mol. The highest BCUT2D eigenvalue weighted by Gasteiger charge is 2.11. The zero-order valence-electron chi connectivity index (χ0n) is 12.3. The minimum atomic E-state index is -0.552. The van der Waals surface area contributed by atoms with E-state index >= 15 is 0 Å². The number of unbranched alkanes of at least 4 members (excludes halogenated alkanes) is 4. The van der Waals surface area contributed by atoms with Crippen molar-refractivity contribution in [1.82, 2.24) is 5.32 Å². The van der Waals surface area contributed by atoms with Gasteiger partial charge in [0.1, 0.15) is 17.3 Å². The molecule has 116 valence electrons. The summed E-state index contributed by atoms with van der Waals surface area (Å²) >= 11 is 0. The van der Waals surface area contributed by atoms with E-state index in [9.17, 15) is 19.1 Å². The van der Waals surface area contributed by atoms with Crippen molar-refractivity contribution in [2.75, 3.05) is 6.54 Å². The molecule has 5 heteroatoms. The Kier molecular flexibility index (Phi) is 7.43. The fourth-order valence-corrected chi connectivity index (χ4v) is 2.02. The van der Waals surface area contributed by atoms with Crippen LogP contribution in [0.1, 0.15) is 55.8 Å². The highest BCUT2D eigenvalue weighted by molar-refractivity contribution is 5.96. The fourth-order valence-electron chi connectivity index (χ4n) is 2.02. The average Bonchev–Trinajstić information content (AvgIpc) is 2.43. The maximum atomic E-state index is 13.0. The minimum absolute atomic E-state index is 0.0449. The molecule has 1 aromatic rings. The number of phenolic OH excluding ortho intramolecular Hbond substituents is 1. The zero-order chi connectivity index (χ0) is 15.7. The SMILES string of the molecule is CC(=O)CCCCCCCNC(=O)c1cc(F)ccc1O. The second-order valence-electron chi connectivity index (χ2n) is 5.14. The average molecular weight is 295 g/mol. The first-order valence-corrected chi connectivity index (χ1v) is 7.27. The summed E-state index contributed by atoms with van der Waals surface area (Å²) in [6.45, 7) is 2.08. The normalized spacial score (nSPS) is 10.4. The van der Waals surface area contributed by atoms with E-state index in [4.69, 9.17) is 0 Å². The third-order valence-corrected chi connectivity index (χ3v) is 3.19. The summed E-state index contributed by atoms with van der Waals surface area (Å²) < 4.78 is 13.0. The van der Waals surface area contributed by atoms with Crippen LogP contribution in [-0.4, -0.2) is 23.3 Å². The van der Waals surface area contributed by atoms with Crippen molar-refractivity contribution >= 4 is 11.7 Å². The summed E-state index contributed by atoms with van der Waals surface area (Å²) in [6.07, 6.45) is 5.37. The van der Waals surface area contributed by atoms with Crippen LogP contribution in [0, 0.1) is 5.82 Å². The molecule has 0 heterocycles. The summed E-state index contributed by atoms with van der Waals surface area (Å²) in [6, 6.07) is 3.29. The molecule has 0 saturated carbocycles. The fraction of sp³-hybridized carbons (Fsp3) is 0.500. The van der Waals surface area contributed by atoms with Crippen LogP contribution >= 0.6 is 0 Å². The van der Waals surface area contributed by atoms with Gasteiger partial charge in [0, 0.05) is 13.0 Å². The van der Waals surface area contributed by atoms with Gasteiger partial charge in [-0.25, -0.2) is 4.39 Å². The van der Waals surface area contributed by atoms with E-state index in [1.807, 2.05) is 0 Å². The third-order valence-electron chi connectivity index (χ3n) is 3.19. The van der Waals surface area contributed by atoms with Gasteiger partial charge in [-0.3, -0.25) is 4.79 Å². The number of Topliss-reactive ketones (excluding diaryl/α,β-unsaturated/α-hetero) is 1. The Hall–Kier alpha value is -1.91. The Labute approximate surface area is 124 Å². The number of benzene rings is 1. The van der Waals surface area contributed by atoms with Gasteiger partial charge in [-0.15, -0.1) is 0 Å². The molecule has 0 aromatic heterocycles. The molecule has 0 radical (unpaired) electrons. The van der Waals surface area contributed by atoms with Crippen LogP contribution < -0.4 is 5.32 Å². The van der Waals surface area contributed by atoms with Gasteiger partial charge < -0.3 is 15.2 Å². The number of rotatable bonds is 9. The number of phenols is 1. The Morgan fingerprint density at radius 3 is 2.52 bits per heavy atom. The standard InChI is InChI=1S/C16H22FNO3/c1-12(19)7-5-3-2-4-6-10-18-16(21)14-11-13(17)8-9-15(14)20/h8-9,11,20H,2-7,10H2,1H3,(H,18,21). The molecular formula is C16H22FNO3. The number of hydrogen-bond donors (Lipinski definition) is 2. The van der Waals surface area contributed by atoms with Crippen LogP contribution in [0.4, 0.5) is 4.39 Å². The molecule has 0 spiro atoms. The molecule has 0 atom stereocenters. The second-order valence-corrected chi connectivity index (χ2v) is 5.14. The molecule has 0 fully saturated rings. The van der Waals surface area contributed by atoms with E-state index in [2.05, 4.69) is 5.32 Å². The first-order valence-electron chi connectivity index (χ1n) is 7.27. The first-order chi connectivity index (χ1) is 10.0. The molecule has 0 aliphatic carbocycles. The number of carbonyl (C=O) groups excluding carboxylic acids is 2. The lowest BCUT2D eigenvalue weighted by molar-refractivity contribution is -0.117. The molecule has 0 unspecified atom stereocenters. The van der Waals surface area contributed by atoms with E-state index in [0.717, 1.165) is 44.2 Å². The van der Waals surface area contributed by atoms with E-state index in [-0.39, 0.29) is 17.1 Å². The molecule has 0 aliphatic heterocycles. The van der Waals surface area contributed by atoms with Gasteiger partial charge in [0.2, 0.25) is 0 Å². The van der Waals surface area contributed by atoms with E-state index < -0.39 is 11.7 Å². The molecule has 0 saturated heterocycles. The predicted octanol–water partition coefficient (Wildman–Crippen LogP) is 3.19. The molecule has 4 nitrogen and oxygen atoms in total. The number of ketones is 1. The summed E-state index contributed by atoms with van der Waals surface area (Å²) in [5, 5.41) is 12.2. The number of nitrogens with one attached hydrogen (secondary N) is 1. The molecule has 0 bridgehead atoms. The lowest BCUT2D eigenvalue weighted by Gasteiger charge is -2.07. The maximum Gasteiger partial charge on any atom is 0.255 e. The van der Waals surface area contributed by atoms with Gasteiger partial charge in [-0.2, -0.15) is 0 Å². The van der Waals surface area contributed by atoms with Crippen molar-refractivity contribution in [2.24, 2.45) is 0 Å². The van der Waals surface area contributed by atoms with Gasteiger partial charge in [-0.05, 0) is 38.0 Å². The van der Waals surface area contributed by atoms with Gasteiger partial charge >= 0.3 is 0 Å². The quantitative estimate of drug-likeness (QED) is 0.688. The van der Waals surface area contributed by atoms with Crippen LogP contribution in [-0.2, 0) is 4.79 Å². The Bertz CT molecular complexity index is 488. The molecule has 21 heavy (non-hydrogen) atoms. The van der Waals surface area contributed by atoms with Gasteiger partial charge in [-0.1, -0.05) is 19.3 Å². The Balaban J connectivity index is 2.16. The van der Waals surface area contributed by atoms with Gasteiger partial charge in [0.15, 0.2) is 0 Å². The van der Waals surface area contributed by atoms with Gasteiger partial charge in [0.25, 0.3) is 5.91 Å². The molecule has 1 amide bonds. The van der Waals surface area contributed by atoms with Crippen LogP contribution in [0.3, 0.4) is 0 Å². The number of carbonyl (C=O) groups is 2. The summed E-state index contributed by atoms with van der Waals surface area (Å²) in [5.41, 5.74) is -0.0449. The molecule has 1 aromatic carbocycles. The number of amides is 1. The highest BCUT2D eigenvalue weighted by Crippen LogP contribution is 2.17. The molecule has 0 aliphatic rings. The lowest BCUT2D eigenvalue weighted by atomic mass is 10.1. The monoisotopic (exact) mass is 295 g/mol. The Morgan fingerprint density at radius 1 is 1.14 bits per heavy atom. The minimum Gasteiger partial charge on any atom is -0.507 e. The van der Waals surface area contributed by atoms with Crippen LogP contribution in [0.5, 0.6) is 5.75 Å². The van der Waals surface area contributed by atoms with Crippen molar-refractivity contribution in [1.29, 1.82) is 0 Å². The summed E-state index contributed by atoms with van der Waals surface area (Å²) in [4.78, 5) is 22.5. The maximum absolute atomic E-state index is 13.0. The van der Waals surface area contributed by atoms with Crippen molar-refractivity contribution in [3.05, 3.63) is 29.6 Å². The summed E-state index contributed by atoms with van der Waals surface area (Å²) in [7, 11) is 0. The lowest BCUT2D eigenvalue weighted by Crippen LogP contribution is -2.24. The van der Waals surface area contributed by atoms with Crippen LogP contribution in [0.2, 0.25) is 0 Å². The highest BCUT2D eigenvalue weighted by atomic mass is 19.1. The zero-order valence-corrected chi connectivity index (χ0v) is 12.3. The van der Waals surface area contributed by atoms with Crippen molar-refractivity contribution in [3.8, 4) is 5.75 Å². The molecule has 2 N–H and O–H groups in total. The van der Waals surface area contributed by atoms with Crippen molar-refractivity contribution < 1.29 is 19.1 Å². The molecule has 1 rings (SSSR count). The van der Waals surface area contributed by atoms with Gasteiger partial charge in [0.05, 0.1) is 5.56 Å². The van der Waals surface area contributed by atoms with E-state index in [0.29, 0.717) is 13.0 Å². The smallest absolute Gasteiger partial charge is 0.255 e. The predicted molar refractivity (Wildman–Crippen MR) is 78.8 cm³/mol. The van der Waals surface area contributed by atoms with E-state index in [1.54, 1.807) is 6.92 Å². The number of halogens is 1. The number of hydrogen-bond acceptors (Lipinski definition) is 3. The Morgan fingerprint density at radius 2 is 1.81 bits per heavy atom. The first kappa shape index (κ1) is 17.1. The van der Waals surface area contributed by atoms with E-state index in [1.165, 1.54) is 6.07 Å². The summed E-state index contributed by atoms with van der Waals surface area (Å²) in [5.74, 6) is -1.03.